The summed E-state index contributed by atoms with van der Waals surface area (Å²) in [5.41, 5.74) is 1.15. The molecule has 2 rings (SSSR count). The van der Waals surface area contributed by atoms with Crippen LogP contribution in [0.4, 0.5) is 18.9 Å². The number of hydrogen-bond donors (Lipinski definition) is 0. The van der Waals surface area contributed by atoms with E-state index in [1.165, 1.54) is 4.90 Å². The summed E-state index contributed by atoms with van der Waals surface area (Å²) in [4.78, 5) is 15.4. The van der Waals surface area contributed by atoms with Gasteiger partial charge in [-0.25, -0.2) is 0 Å². The third-order valence-electron chi connectivity index (χ3n) is 3.99. The van der Waals surface area contributed by atoms with Gasteiger partial charge in [-0.05, 0) is 24.5 Å². The summed E-state index contributed by atoms with van der Waals surface area (Å²) in [5.74, 6) is -0.129. The van der Waals surface area contributed by atoms with Crippen molar-refractivity contribution in [1.29, 1.82) is 0 Å². The number of anilines is 1. The van der Waals surface area contributed by atoms with E-state index in [4.69, 9.17) is 0 Å². The Balaban J connectivity index is 1.78. The fourth-order valence-electron chi connectivity index (χ4n) is 2.78. The van der Waals surface area contributed by atoms with Gasteiger partial charge >= 0.3 is 6.18 Å². The van der Waals surface area contributed by atoms with Crippen LogP contribution in [0.5, 0.6) is 0 Å². The van der Waals surface area contributed by atoms with E-state index in [2.05, 4.69) is 4.90 Å². The van der Waals surface area contributed by atoms with Gasteiger partial charge in [-0.15, -0.1) is 0 Å². The van der Waals surface area contributed by atoms with Crippen LogP contribution in [0, 0.1) is 5.92 Å². The molecule has 1 fully saturated rings. The Bertz CT molecular complexity index is 490. The van der Waals surface area contributed by atoms with Crippen molar-refractivity contribution < 1.29 is 18.0 Å². The first-order chi connectivity index (χ1) is 10.3. The number of halogens is 3. The molecule has 0 N–H and O–H groups in total. The SMILES string of the molecule is CN(CC1CCN(c2ccccc2)C1)C(=O)CCC(F)(F)F. The Hall–Kier alpha value is -1.72. The van der Waals surface area contributed by atoms with Gasteiger partial charge in [-0.3, -0.25) is 4.79 Å². The van der Waals surface area contributed by atoms with Gasteiger partial charge in [0.15, 0.2) is 0 Å². The number of carbonyl (C=O) groups is 1. The molecular formula is C16H21F3N2O. The van der Waals surface area contributed by atoms with E-state index in [9.17, 15) is 18.0 Å². The van der Waals surface area contributed by atoms with Gasteiger partial charge in [0.05, 0.1) is 6.42 Å². The molecule has 1 atom stereocenters. The average Bonchev–Trinajstić information content (AvgIpc) is 2.93. The van der Waals surface area contributed by atoms with Crippen molar-refractivity contribution in [2.75, 3.05) is 31.6 Å². The second-order valence-corrected chi connectivity index (χ2v) is 5.83. The zero-order chi connectivity index (χ0) is 16.2. The van der Waals surface area contributed by atoms with Crippen LogP contribution in [0.2, 0.25) is 0 Å². The van der Waals surface area contributed by atoms with Crippen molar-refractivity contribution in [2.45, 2.75) is 25.4 Å². The van der Waals surface area contributed by atoms with Crippen molar-refractivity contribution in [3.8, 4) is 0 Å². The van der Waals surface area contributed by atoms with Gasteiger partial charge in [0.1, 0.15) is 0 Å². The molecule has 1 heterocycles. The normalized spacial score (nSPS) is 18.5. The number of para-hydroxylation sites is 1. The lowest BCUT2D eigenvalue weighted by Crippen LogP contribution is -2.33. The van der Waals surface area contributed by atoms with Crippen LogP contribution >= 0.6 is 0 Å². The predicted molar refractivity (Wildman–Crippen MR) is 79.7 cm³/mol. The Morgan fingerprint density at radius 1 is 1.32 bits per heavy atom. The molecule has 0 aromatic heterocycles. The summed E-state index contributed by atoms with van der Waals surface area (Å²) in [6.45, 7) is 2.26. The van der Waals surface area contributed by atoms with E-state index in [1.807, 2.05) is 30.3 Å². The van der Waals surface area contributed by atoms with Gasteiger partial charge in [-0.2, -0.15) is 13.2 Å². The first kappa shape index (κ1) is 16.6. The lowest BCUT2D eigenvalue weighted by molar-refractivity contribution is -0.148. The molecule has 6 heteroatoms. The van der Waals surface area contributed by atoms with Gasteiger partial charge in [0.2, 0.25) is 5.91 Å². The highest BCUT2D eigenvalue weighted by Crippen LogP contribution is 2.25. The molecule has 1 aromatic rings. The third kappa shape index (κ3) is 4.93. The first-order valence-corrected chi connectivity index (χ1v) is 7.46. The number of rotatable bonds is 5. The van der Waals surface area contributed by atoms with Gasteiger partial charge in [0.25, 0.3) is 0 Å². The maximum absolute atomic E-state index is 12.1. The molecule has 0 spiro atoms. The molecule has 0 radical (unpaired) electrons. The Labute approximate surface area is 128 Å². The summed E-state index contributed by atoms with van der Waals surface area (Å²) in [7, 11) is 1.59. The van der Waals surface area contributed by atoms with Crippen LogP contribution in [0.25, 0.3) is 0 Å². The summed E-state index contributed by atoms with van der Waals surface area (Å²) in [5, 5.41) is 0. The topological polar surface area (TPSA) is 23.6 Å². The molecule has 0 bridgehead atoms. The van der Waals surface area contributed by atoms with Crippen LogP contribution in [-0.2, 0) is 4.79 Å². The smallest absolute Gasteiger partial charge is 0.371 e. The van der Waals surface area contributed by atoms with Crippen molar-refractivity contribution >= 4 is 11.6 Å². The monoisotopic (exact) mass is 314 g/mol. The van der Waals surface area contributed by atoms with Gasteiger partial charge in [-0.1, -0.05) is 18.2 Å². The molecule has 1 aliphatic heterocycles. The zero-order valence-electron chi connectivity index (χ0n) is 12.6. The Kier molecular flexibility index (Phi) is 5.32. The van der Waals surface area contributed by atoms with Crippen LogP contribution in [-0.4, -0.2) is 43.7 Å². The number of benzene rings is 1. The third-order valence-corrected chi connectivity index (χ3v) is 3.99. The second-order valence-electron chi connectivity index (χ2n) is 5.83. The van der Waals surface area contributed by atoms with Crippen LogP contribution < -0.4 is 4.90 Å². The highest BCUT2D eigenvalue weighted by atomic mass is 19.4. The van der Waals surface area contributed by atoms with Gasteiger partial charge in [0, 0.05) is 38.8 Å². The molecule has 1 aromatic carbocycles. The molecule has 0 aliphatic carbocycles. The lowest BCUT2D eigenvalue weighted by atomic mass is 10.1. The second kappa shape index (κ2) is 7.03. The minimum atomic E-state index is -4.27. The number of hydrogen-bond acceptors (Lipinski definition) is 2. The summed E-state index contributed by atoms with van der Waals surface area (Å²) in [6.07, 6.45) is -4.83. The van der Waals surface area contributed by atoms with Gasteiger partial charge < -0.3 is 9.80 Å². The molecule has 1 amide bonds. The average molecular weight is 314 g/mol. The quantitative estimate of drug-likeness (QED) is 0.832. The first-order valence-electron chi connectivity index (χ1n) is 7.46. The number of carbonyl (C=O) groups excluding carboxylic acids is 1. The lowest BCUT2D eigenvalue weighted by Gasteiger charge is -2.23. The fourth-order valence-corrected chi connectivity index (χ4v) is 2.78. The molecule has 0 saturated carbocycles. The molecule has 22 heavy (non-hydrogen) atoms. The van der Waals surface area contributed by atoms with Crippen molar-refractivity contribution in [3.63, 3.8) is 0 Å². The highest BCUT2D eigenvalue weighted by molar-refractivity contribution is 5.75. The minimum absolute atomic E-state index is 0.306. The standard InChI is InChI=1S/C16H21F3N2O/c1-20(15(22)7-9-16(17,18)19)11-13-8-10-21(12-13)14-5-3-2-4-6-14/h2-6,13H,7-12H2,1H3. The van der Waals surface area contributed by atoms with E-state index in [1.54, 1.807) is 7.05 Å². The molecule has 122 valence electrons. The summed E-state index contributed by atoms with van der Waals surface area (Å²) in [6, 6.07) is 10.0. The van der Waals surface area contributed by atoms with Crippen molar-refractivity contribution in [2.24, 2.45) is 5.92 Å². The van der Waals surface area contributed by atoms with E-state index in [0.29, 0.717) is 12.5 Å². The van der Waals surface area contributed by atoms with E-state index in [0.717, 1.165) is 25.2 Å². The van der Waals surface area contributed by atoms with E-state index >= 15 is 0 Å². The fraction of sp³-hybridized carbons (Fsp3) is 0.562. The molecule has 1 saturated heterocycles. The van der Waals surface area contributed by atoms with Crippen LogP contribution in [0.1, 0.15) is 19.3 Å². The van der Waals surface area contributed by atoms with Crippen LogP contribution in [0.15, 0.2) is 30.3 Å². The molecule has 1 unspecified atom stereocenters. The van der Waals surface area contributed by atoms with E-state index < -0.39 is 24.9 Å². The number of alkyl halides is 3. The zero-order valence-corrected chi connectivity index (χ0v) is 12.6. The minimum Gasteiger partial charge on any atom is -0.371 e. The maximum atomic E-state index is 12.1. The number of nitrogens with zero attached hydrogens (tertiary/aromatic N) is 2. The largest absolute Gasteiger partial charge is 0.389 e. The number of amides is 1. The maximum Gasteiger partial charge on any atom is 0.389 e. The van der Waals surface area contributed by atoms with Crippen LogP contribution in [0.3, 0.4) is 0 Å². The Morgan fingerprint density at radius 2 is 2.00 bits per heavy atom. The summed E-state index contributed by atoms with van der Waals surface area (Å²) >= 11 is 0. The molecular weight excluding hydrogens is 293 g/mol. The molecule has 3 nitrogen and oxygen atoms in total. The van der Waals surface area contributed by atoms with Crippen molar-refractivity contribution in [3.05, 3.63) is 30.3 Å². The van der Waals surface area contributed by atoms with E-state index in [-0.39, 0.29) is 0 Å². The Morgan fingerprint density at radius 3 is 2.64 bits per heavy atom. The molecule has 1 aliphatic rings. The highest BCUT2D eigenvalue weighted by Gasteiger charge is 2.30. The summed E-state index contributed by atoms with van der Waals surface area (Å²) < 4.78 is 36.4. The predicted octanol–water partition coefficient (Wildman–Crippen LogP) is 3.31. The van der Waals surface area contributed by atoms with Crippen molar-refractivity contribution in [1.82, 2.24) is 4.90 Å².